The summed E-state index contributed by atoms with van der Waals surface area (Å²) in [5.41, 5.74) is 1.97. The predicted octanol–water partition coefficient (Wildman–Crippen LogP) is 3.89. The van der Waals surface area contributed by atoms with E-state index in [0.717, 1.165) is 18.4 Å². The molecule has 0 amide bonds. The molecule has 0 bridgehead atoms. The van der Waals surface area contributed by atoms with Crippen LogP contribution >= 0.6 is 0 Å². The molecule has 0 fully saturated rings. The Morgan fingerprint density at radius 2 is 1.48 bits per heavy atom. The molecule has 5 N–H and O–H groups in total. The van der Waals surface area contributed by atoms with Gasteiger partial charge in [-0.15, -0.1) is 0 Å². The minimum atomic E-state index is -0.964. The molecule has 0 saturated carbocycles. The van der Waals surface area contributed by atoms with Crippen molar-refractivity contribution in [1.82, 2.24) is 5.32 Å². The predicted molar refractivity (Wildman–Crippen MR) is 127 cm³/mol. The molecule has 3 aromatic carbocycles. The van der Waals surface area contributed by atoms with Gasteiger partial charge in [0.05, 0.1) is 6.10 Å². The van der Waals surface area contributed by atoms with Gasteiger partial charge >= 0.3 is 5.97 Å². The number of aliphatic hydroxyl groups is 1. The van der Waals surface area contributed by atoms with E-state index in [4.69, 9.17) is 9.84 Å². The number of phenols is 2. The first-order chi connectivity index (χ1) is 15.8. The lowest BCUT2D eigenvalue weighted by molar-refractivity contribution is -0.139. The zero-order chi connectivity index (χ0) is 24.1. The first kappa shape index (κ1) is 25.7. The van der Waals surface area contributed by atoms with E-state index in [1.807, 2.05) is 18.2 Å². The first-order valence-electron chi connectivity index (χ1n) is 10.7. The van der Waals surface area contributed by atoms with Crippen LogP contribution in [0.4, 0.5) is 0 Å². The topological polar surface area (TPSA) is 119 Å². The highest BCUT2D eigenvalue weighted by atomic mass is 16.5. The number of nitrogens with one attached hydrogen (secondary N) is 1. The fraction of sp³-hybridized carbons (Fsp3) is 0.269. The summed E-state index contributed by atoms with van der Waals surface area (Å²) < 4.78 is 4.87. The molecule has 2 atom stereocenters. The Balaban J connectivity index is 0.000000294. The molecular formula is C26H31NO6. The normalized spacial score (nSPS) is 12.2. The molecular weight excluding hydrogens is 422 g/mol. The number of para-hydroxylation sites is 1. The number of hydrogen-bond acceptors (Lipinski definition) is 6. The van der Waals surface area contributed by atoms with Crippen LogP contribution in [0, 0.1) is 0 Å². The maximum Gasteiger partial charge on any atom is 0.341 e. The number of rotatable bonds is 10. The van der Waals surface area contributed by atoms with Gasteiger partial charge in [-0.1, -0.05) is 42.5 Å². The van der Waals surface area contributed by atoms with Gasteiger partial charge < -0.3 is 30.5 Å². The number of carboxylic acid groups (broad SMARTS) is 1. The Hall–Kier alpha value is -3.55. The fourth-order valence-corrected chi connectivity index (χ4v) is 2.94. The summed E-state index contributed by atoms with van der Waals surface area (Å²) in [5.74, 6) is 0.0990. The average Bonchev–Trinajstić information content (AvgIpc) is 2.82. The van der Waals surface area contributed by atoms with E-state index >= 15 is 0 Å². The second kappa shape index (κ2) is 13.8. The molecule has 0 aromatic heterocycles. The van der Waals surface area contributed by atoms with Crippen molar-refractivity contribution < 1.29 is 30.0 Å². The zero-order valence-corrected chi connectivity index (χ0v) is 18.6. The molecule has 33 heavy (non-hydrogen) atoms. The lowest BCUT2D eigenvalue weighted by Crippen LogP contribution is -2.30. The summed E-state index contributed by atoms with van der Waals surface area (Å²) in [6, 6.07) is 23.0. The minimum Gasteiger partial charge on any atom is -0.508 e. The van der Waals surface area contributed by atoms with Crippen LogP contribution in [0.5, 0.6) is 17.2 Å². The van der Waals surface area contributed by atoms with Gasteiger partial charge in [0.2, 0.25) is 0 Å². The minimum absolute atomic E-state index is 0.200. The second-order valence-corrected chi connectivity index (χ2v) is 7.62. The van der Waals surface area contributed by atoms with Crippen molar-refractivity contribution in [2.24, 2.45) is 0 Å². The van der Waals surface area contributed by atoms with Gasteiger partial charge in [0, 0.05) is 12.6 Å². The molecule has 2 unspecified atom stereocenters. The third kappa shape index (κ3) is 10.5. The highest BCUT2D eigenvalue weighted by Gasteiger charge is 2.09. The Bertz CT molecular complexity index is 945. The Morgan fingerprint density at radius 3 is 2.06 bits per heavy atom. The Kier molecular flexibility index (Phi) is 10.7. The number of aliphatic hydroxyl groups excluding tert-OH is 1. The molecule has 176 valence electrons. The molecule has 0 saturated heterocycles. The molecule has 0 aliphatic rings. The third-order valence-corrected chi connectivity index (χ3v) is 4.85. The molecule has 0 heterocycles. The van der Waals surface area contributed by atoms with Gasteiger partial charge in [-0.3, -0.25) is 0 Å². The summed E-state index contributed by atoms with van der Waals surface area (Å²) in [6.45, 7) is 2.27. The number of ether oxygens (including phenoxy) is 1. The van der Waals surface area contributed by atoms with Crippen LogP contribution in [0.3, 0.4) is 0 Å². The second-order valence-electron chi connectivity index (χ2n) is 7.62. The lowest BCUT2D eigenvalue weighted by Gasteiger charge is -2.17. The van der Waals surface area contributed by atoms with E-state index in [-0.39, 0.29) is 24.1 Å². The molecule has 0 aliphatic heterocycles. The first-order valence-corrected chi connectivity index (χ1v) is 10.7. The molecule has 0 aliphatic carbocycles. The summed E-state index contributed by atoms with van der Waals surface area (Å²) in [5, 5.41) is 40.2. The van der Waals surface area contributed by atoms with Crippen molar-refractivity contribution in [2.75, 3.05) is 13.2 Å². The molecule has 7 heteroatoms. The van der Waals surface area contributed by atoms with Crippen LogP contribution in [0.15, 0.2) is 78.9 Å². The molecule has 3 aromatic rings. The van der Waals surface area contributed by atoms with Crippen molar-refractivity contribution in [3.63, 3.8) is 0 Å². The van der Waals surface area contributed by atoms with Crippen molar-refractivity contribution in [2.45, 2.75) is 31.9 Å². The van der Waals surface area contributed by atoms with Crippen molar-refractivity contribution in [3.8, 4) is 17.2 Å². The maximum atomic E-state index is 10.1. The zero-order valence-electron chi connectivity index (χ0n) is 18.6. The quantitative estimate of drug-likeness (QED) is 0.316. The summed E-state index contributed by atoms with van der Waals surface area (Å²) in [4.78, 5) is 10.0. The van der Waals surface area contributed by atoms with Crippen LogP contribution in [0.25, 0.3) is 0 Å². The largest absolute Gasteiger partial charge is 0.508 e. The SMILES string of the molecule is CC(CCc1ccc(O)cc1)NCC(O)c1ccc(O)cc1.O=C(O)COc1ccccc1. The summed E-state index contributed by atoms with van der Waals surface area (Å²) >= 11 is 0. The van der Waals surface area contributed by atoms with E-state index < -0.39 is 12.1 Å². The van der Waals surface area contributed by atoms with E-state index in [9.17, 15) is 20.1 Å². The van der Waals surface area contributed by atoms with Gasteiger partial charge in [0.1, 0.15) is 17.2 Å². The molecule has 7 nitrogen and oxygen atoms in total. The van der Waals surface area contributed by atoms with Crippen molar-refractivity contribution in [3.05, 3.63) is 90.0 Å². The number of aliphatic carboxylic acids is 1. The monoisotopic (exact) mass is 453 g/mol. The number of hydrogen-bond donors (Lipinski definition) is 5. The van der Waals surface area contributed by atoms with Crippen molar-refractivity contribution in [1.29, 1.82) is 0 Å². The standard InChI is InChI=1S/C18H23NO3.C8H8O3/c1-13(2-3-14-4-8-16(20)9-5-14)19-12-18(22)15-6-10-17(21)11-7-15;9-8(10)6-11-7-4-2-1-3-5-7/h4-11,13,18-22H,2-3,12H2,1H3;1-5H,6H2,(H,9,10). The van der Waals surface area contributed by atoms with Gasteiger partial charge in [-0.05, 0) is 67.3 Å². The highest BCUT2D eigenvalue weighted by molar-refractivity contribution is 5.68. The third-order valence-electron chi connectivity index (χ3n) is 4.85. The molecule has 0 spiro atoms. The number of aromatic hydroxyl groups is 2. The van der Waals surface area contributed by atoms with Crippen LogP contribution in [0.2, 0.25) is 0 Å². The number of carboxylic acids is 1. The van der Waals surface area contributed by atoms with E-state index in [1.165, 1.54) is 5.56 Å². The summed E-state index contributed by atoms with van der Waals surface area (Å²) in [7, 11) is 0. The Labute approximate surface area is 193 Å². The number of benzene rings is 3. The van der Waals surface area contributed by atoms with E-state index in [0.29, 0.717) is 12.3 Å². The molecule has 3 rings (SSSR count). The summed E-state index contributed by atoms with van der Waals surface area (Å²) in [6.07, 6.45) is 1.29. The average molecular weight is 454 g/mol. The fourth-order valence-electron chi connectivity index (χ4n) is 2.94. The van der Waals surface area contributed by atoms with Crippen molar-refractivity contribution >= 4 is 5.97 Å². The lowest BCUT2D eigenvalue weighted by atomic mass is 10.1. The number of aryl methyl sites for hydroxylation is 1. The van der Waals surface area contributed by atoms with Gasteiger partial charge in [0.15, 0.2) is 6.61 Å². The number of phenolic OH excluding ortho intramolecular Hbond substituents is 2. The van der Waals surface area contributed by atoms with E-state index in [2.05, 4.69) is 12.2 Å². The van der Waals surface area contributed by atoms with E-state index in [1.54, 1.807) is 60.7 Å². The van der Waals surface area contributed by atoms with Gasteiger partial charge in [-0.25, -0.2) is 4.79 Å². The Morgan fingerprint density at radius 1 is 0.909 bits per heavy atom. The highest BCUT2D eigenvalue weighted by Crippen LogP contribution is 2.17. The smallest absolute Gasteiger partial charge is 0.341 e. The van der Waals surface area contributed by atoms with Crippen LogP contribution in [0.1, 0.15) is 30.6 Å². The van der Waals surface area contributed by atoms with Crippen LogP contribution in [-0.4, -0.2) is 45.6 Å². The number of carbonyl (C=O) groups is 1. The van der Waals surface area contributed by atoms with Gasteiger partial charge in [-0.2, -0.15) is 0 Å². The van der Waals surface area contributed by atoms with Crippen LogP contribution in [-0.2, 0) is 11.2 Å². The molecule has 0 radical (unpaired) electrons. The van der Waals surface area contributed by atoms with Gasteiger partial charge in [0.25, 0.3) is 0 Å². The maximum absolute atomic E-state index is 10.1. The van der Waals surface area contributed by atoms with Crippen LogP contribution < -0.4 is 10.1 Å².